The second-order valence-electron chi connectivity index (χ2n) is 4.83. The first-order valence-corrected chi connectivity index (χ1v) is 7.80. The normalized spacial score (nSPS) is 16.8. The number of hydrogen-bond acceptors (Lipinski definition) is 2. The monoisotopic (exact) mass is 365 g/mol. The first-order valence-electron chi connectivity index (χ1n) is 6.63. The second kappa shape index (κ2) is 6.08. The number of nitrogens with one attached hydrogen (secondary N) is 1. The molecular weight excluding hydrogens is 354 g/mol. The Balaban J connectivity index is 1.83. The molecule has 1 aliphatic rings. The van der Waals surface area contributed by atoms with Gasteiger partial charge in [0.2, 0.25) is 0 Å². The Morgan fingerprint density at radius 3 is 2.90 bits per heavy atom. The van der Waals surface area contributed by atoms with Crippen molar-refractivity contribution in [3.63, 3.8) is 0 Å². The number of fused-ring (bicyclic) bond motifs is 1. The smallest absolute Gasteiger partial charge is 0.253 e. The number of benzene rings is 2. The van der Waals surface area contributed by atoms with Gasteiger partial charge in [-0.25, -0.2) is 0 Å². The van der Waals surface area contributed by atoms with Crippen molar-refractivity contribution in [1.82, 2.24) is 5.32 Å². The van der Waals surface area contributed by atoms with E-state index < -0.39 is 0 Å². The van der Waals surface area contributed by atoms with Crippen molar-refractivity contribution in [2.45, 2.75) is 12.5 Å². The van der Waals surface area contributed by atoms with Gasteiger partial charge in [0.1, 0.15) is 5.75 Å². The Bertz CT molecular complexity index is 690. The largest absolute Gasteiger partial charge is 0.493 e. The van der Waals surface area contributed by atoms with Crippen molar-refractivity contribution < 1.29 is 9.53 Å². The quantitative estimate of drug-likeness (QED) is 0.858. The molecule has 5 heteroatoms. The SMILES string of the molecule is O=C(NC1CCOc2ccccc21)c1ccc(Br)cc1Cl. The number of ether oxygens (including phenoxy) is 1. The van der Waals surface area contributed by atoms with Crippen LogP contribution in [0.2, 0.25) is 5.02 Å². The van der Waals surface area contributed by atoms with E-state index in [-0.39, 0.29) is 11.9 Å². The van der Waals surface area contributed by atoms with Crippen LogP contribution in [-0.2, 0) is 0 Å². The molecule has 0 aromatic heterocycles. The number of carbonyl (C=O) groups excluding carboxylic acids is 1. The molecule has 0 spiro atoms. The topological polar surface area (TPSA) is 38.3 Å². The first-order chi connectivity index (χ1) is 10.1. The Labute approximate surface area is 136 Å². The fourth-order valence-corrected chi connectivity index (χ4v) is 3.16. The number of amides is 1. The molecular formula is C16H13BrClNO2. The van der Waals surface area contributed by atoms with Crippen LogP contribution in [-0.4, -0.2) is 12.5 Å². The Kier molecular flexibility index (Phi) is 4.17. The number of carbonyl (C=O) groups is 1. The number of para-hydroxylation sites is 1. The fraction of sp³-hybridized carbons (Fsp3) is 0.188. The number of rotatable bonds is 2. The maximum Gasteiger partial charge on any atom is 0.253 e. The van der Waals surface area contributed by atoms with E-state index in [1.165, 1.54) is 0 Å². The molecule has 0 bridgehead atoms. The lowest BCUT2D eigenvalue weighted by Gasteiger charge is -2.26. The zero-order valence-corrected chi connectivity index (χ0v) is 13.4. The van der Waals surface area contributed by atoms with Gasteiger partial charge in [-0.1, -0.05) is 45.7 Å². The molecule has 1 heterocycles. The molecule has 2 aromatic carbocycles. The van der Waals surface area contributed by atoms with Crippen molar-refractivity contribution in [1.29, 1.82) is 0 Å². The van der Waals surface area contributed by atoms with Gasteiger partial charge >= 0.3 is 0 Å². The van der Waals surface area contributed by atoms with E-state index in [2.05, 4.69) is 21.2 Å². The van der Waals surface area contributed by atoms with Gasteiger partial charge in [0.05, 0.1) is 23.2 Å². The van der Waals surface area contributed by atoms with Gasteiger partial charge in [0.25, 0.3) is 5.91 Å². The third kappa shape index (κ3) is 3.06. The van der Waals surface area contributed by atoms with Crippen LogP contribution in [0.4, 0.5) is 0 Å². The Morgan fingerprint density at radius 1 is 1.29 bits per heavy atom. The van der Waals surface area contributed by atoms with Gasteiger partial charge < -0.3 is 10.1 Å². The molecule has 2 aromatic rings. The highest BCUT2D eigenvalue weighted by Crippen LogP contribution is 2.32. The summed E-state index contributed by atoms with van der Waals surface area (Å²) in [5.41, 5.74) is 1.48. The number of halogens is 2. The first kappa shape index (κ1) is 14.4. The van der Waals surface area contributed by atoms with Gasteiger partial charge in [0.15, 0.2) is 0 Å². The minimum absolute atomic E-state index is 0.0536. The highest BCUT2D eigenvalue weighted by molar-refractivity contribution is 9.10. The fourth-order valence-electron chi connectivity index (χ4n) is 2.40. The summed E-state index contributed by atoms with van der Waals surface area (Å²) in [7, 11) is 0. The third-order valence-corrected chi connectivity index (χ3v) is 4.25. The summed E-state index contributed by atoms with van der Waals surface area (Å²) in [5.74, 6) is 0.658. The number of hydrogen-bond donors (Lipinski definition) is 1. The third-order valence-electron chi connectivity index (χ3n) is 3.44. The van der Waals surface area contributed by atoms with Crippen molar-refractivity contribution in [3.05, 3.63) is 63.1 Å². The summed E-state index contributed by atoms with van der Waals surface area (Å²) < 4.78 is 6.44. The Morgan fingerprint density at radius 2 is 2.10 bits per heavy atom. The average molecular weight is 367 g/mol. The summed E-state index contributed by atoms with van der Waals surface area (Å²) in [4.78, 5) is 12.4. The van der Waals surface area contributed by atoms with E-state index in [0.29, 0.717) is 17.2 Å². The lowest BCUT2D eigenvalue weighted by Crippen LogP contribution is -2.32. The second-order valence-corrected chi connectivity index (χ2v) is 6.15. The summed E-state index contributed by atoms with van der Waals surface area (Å²) in [5, 5.41) is 3.47. The lowest BCUT2D eigenvalue weighted by atomic mass is 10.00. The van der Waals surface area contributed by atoms with Crippen LogP contribution in [0.5, 0.6) is 5.75 Å². The minimum atomic E-state index is -0.172. The van der Waals surface area contributed by atoms with Crippen LogP contribution in [0, 0.1) is 0 Å². The van der Waals surface area contributed by atoms with Gasteiger partial charge in [-0.3, -0.25) is 4.79 Å². The molecule has 3 nitrogen and oxygen atoms in total. The predicted octanol–water partition coefficient (Wildman–Crippen LogP) is 4.36. The molecule has 108 valence electrons. The van der Waals surface area contributed by atoms with Crippen LogP contribution >= 0.6 is 27.5 Å². The van der Waals surface area contributed by atoms with Crippen LogP contribution in [0.15, 0.2) is 46.9 Å². The summed E-state index contributed by atoms with van der Waals surface area (Å²) in [6.45, 7) is 0.593. The minimum Gasteiger partial charge on any atom is -0.493 e. The van der Waals surface area contributed by atoms with Crippen molar-refractivity contribution in [2.24, 2.45) is 0 Å². The van der Waals surface area contributed by atoms with Gasteiger partial charge in [-0.2, -0.15) is 0 Å². The van der Waals surface area contributed by atoms with E-state index in [9.17, 15) is 4.79 Å². The summed E-state index contributed by atoms with van der Waals surface area (Å²) in [6.07, 6.45) is 0.747. The van der Waals surface area contributed by atoms with Crippen LogP contribution < -0.4 is 10.1 Å². The molecule has 1 atom stereocenters. The van der Waals surface area contributed by atoms with E-state index in [0.717, 1.165) is 22.2 Å². The summed E-state index contributed by atoms with van der Waals surface area (Å²) in [6, 6.07) is 12.9. The maximum atomic E-state index is 12.4. The van der Waals surface area contributed by atoms with Crippen molar-refractivity contribution in [3.8, 4) is 5.75 Å². The highest BCUT2D eigenvalue weighted by atomic mass is 79.9. The molecule has 1 unspecified atom stereocenters. The molecule has 3 rings (SSSR count). The molecule has 0 radical (unpaired) electrons. The van der Waals surface area contributed by atoms with E-state index in [4.69, 9.17) is 16.3 Å². The molecule has 1 N–H and O–H groups in total. The van der Waals surface area contributed by atoms with E-state index >= 15 is 0 Å². The van der Waals surface area contributed by atoms with Gasteiger partial charge in [-0.15, -0.1) is 0 Å². The molecule has 0 saturated heterocycles. The van der Waals surface area contributed by atoms with Crippen LogP contribution in [0.3, 0.4) is 0 Å². The molecule has 0 fully saturated rings. The molecule has 1 aliphatic heterocycles. The van der Waals surface area contributed by atoms with Gasteiger partial charge in [-0.05, 0) is 24.3 Å². The van der Waals surface area contributed by atoms with Crippen molar-refractivity contribution >= 4 is 33.4 Å². The Hall–Kier alpha value is -1.52. The molecule has 0 saturated carbocycles. The molecule has 1 amide bonds. The average Bonchev–Trinajstić information content (AvgIpc) is 2.47. The lowest BCUT2D eigenvalue weighted by molar-refractivity contribution is 0.0925. The van der Waals surface area contributed by atoms with E-state index in [1.54, 1.807) is 18.2 Å². The van der Waals surface area contributed by atoms with Gasteiger partial charge in [0, 0.05) is 16.5 Å². The van der Waals surface area contributed by atoms with Crippen molar-refractivity contribution in [2.75, 3.05) is 6.61 Å². The summed E-state index contributed by atoms with van der Waals surface area (Å²) >= 11 is 9.46. The zero-order valence-electron chi connectivity index (χ0n) is 11.1. The highest BCUT2D eigenvalue weighted by Gasteiger charge is 2.23. The molecule has 0 aliphatic carbocycles. The van der Waals surface area contributed by atoms with Crippen LogP contribution in [0.1, 0.15) is 28.4 Å². The molecule has 21 heavy (non-hydrogen) atoms. The van der Waals surface area contributed by atoms with E-state index in [1.807, 2.05) is 24.3 Å². The maximum absolute atomic E-state index is 12.4. The van der Waals surface area contributed by atoms with Crippen LogP contribution in [0.25, 0.3) is 0 Å². The standard InChI is InChI=1S/C16H13BrClNO2/c17-10-5-6-11(13(18)9-10)16(20)19-14-7-8-21-15-4-2-1-3-12(14)15/h1-6,9,14H,7-8H2,(H,19,20). The zero-order chi connectivity index (χ0) is 14.8. The predicted molar refractivity (Wildman–Crippen MR) is 85.9 cm³/mol.